The summed E-state index contributed by atoms with van der Waals surface area (Å²) >= 11 is 0. The lowest BCUT2D eigenvalue weighted by molar-refractivity contribution is -0.127. The van der Waals surface area contributed by atoms with Gasteiger partial charge in [-0.1, -0.05) is 12.1 Å². The zero-order valence-corrected chi connectivity index (χ0v) is 9.56. The normalized spacial score (nSPS) is 10.4. The highest BCUT2D eigenvalue weighted by molar-refractivity contribution is 5.77. The van der Waals surface area contributed by atoms with Gasteiger partial charge in [0.1, 0.15) is 12.4 Å². The number of aromatic hydroxyl groups is 1. The SMILES string of the molecule is CC(C)OCC(=O)NCc1cccc(O)c1. The first-order valence-corrected chi connectivity index (χ1v) is 5.24. The van der Waals surface area contributed by atoms with E-state index in [9.17, 15) is 9.90 Å². The van der Waals surface area contributed by atoms with Crippen LogP contribution in [-0.2, 0) is 16.1 Å². The Hall–Kier alpha value is -1.55. The van der Waals surface area contributed by atoms with Crippen LogP contribution >= 0.6 is 0 Å². The molecule has 0 aliphatic heterocycles. The molecule has 16 heavy (non-hydrogen) atoms. The highest BCUT2D eigenvalue weighted by atomic mass is 16.5. The number of benzene rings is 1. The van der Waals surface area contributed by atoms with E-state index in [2.05, 4.69) is 5.32 Å². The molecule has 0 unspecified atom stereocenters. The maximum atomic E-state index is 11.3. The number of carbonyl (C=O) groups is 1. The number of hydrogen-bond acceptors (Lipinski definition) is 3. The third kappa shape index (κ3) is 4.79. The van der Waals surface area contributed by atoms with Gasteiger partial charge in [-0.3, -0.25) is 4.79 Å². The van der Waals surface area contributed by atoms with Gasteiger partial charge in [0.25, 0.3) is 0 Å². The van der Waals surface area contributed by atoms with Crippen molar-refractivity contribution in [3.05, 3.63) is 29.8 Å². The summed E-state index contributed by atoms with van der Waals surface area (Å²) in [6.45, 7) is 4.22. The molecular weight excluding hydrogens is 206 g/mol. The lowest BCUT2D eigenvalue weighted by Crippen LogP contribution is -2.28. The quantitative estimate of drug-likeness (QED) is 0.794. The number of hydrogen-bond donors (Lipinski definition) is 2. The molecule has 0 aromatic heterocycles. The third-order valence-corrected chi connectivity index (χ3v) is 1.95. The molecule has 88 valence electrons. The summed E-state index contributed by atoms with van der Waals surface area (Å²) in [6, 6.07) is 6.78. The highest BCUT2D eigenvalue weighted by Crippen LogP contribution is 2.10. The van der Waals surface area contributed by atoms with E-state index in [4.69, 9.17) is 4.74 Å². The molecule has 0 bridgehead atoms. The Morgan fingerprint density at radius 1 is 1.50 bits per heavy atom. The average molecular weight is 223 g/mol. The summed E-state index contributed by atoms with van der Waals surface area (Å²) in [5.41, 5.74) is 0.859. The van der Waals surface area contributed by atoms with Crippen molar-refractivity contribution in [3.63, 3.8) is 0 Å². The van der Waals surface area contributed by atoms with Crippen molar-refractivity contribution in [2.24, 2.45) is 0 Å². The van der Waals surface area contributed by atoms with Crippen molar-refractivity contribution >= 4 is 5.91 Å². The minimum Gasteiger partial charge on any atom is -0.508 e. The summed E-state index contributed by atoms with van der Waals surface area (Å²) in [5, 5.41) is 11.9. The van der Waals surface area contributed by atoms with Crippen LogP contribution in [0.5, 0.6) is 5.75 Å². The Bertz CT molecular complexity index is 350. The fourth-order valence-electron chi connectivity index (χ4n) is 1.16. The van der Waals surface area contributed by atoms with Gasteiger partial charge in [-0.15, -0.1) is 0 Å². The van der Waals surface area contributed by atoms with Crippen molar-refractivity contribution < 1.29 is 14.6 Å². The molecule has 4 heteroatoms. The van der Waals surface area contributed by atoms with Gasteiger partial charge >= 0.3 is 0 Å². The molecular formula is C12H17NO3. The second-order valence-electron chi connectivity index (χ2n) is 3.81. The number of nitrogens with one attached hydrogen (secondary N) is 1. The number of rotatable bonds is 5. The van der Waals surface area contributed by atoms with Gasteiger partial charge in [0.05, 0.1) is 6.10 Å². The predicted molar refractivity (Wildman–Crippen MR) is 61.0 cm³/mol. The van der Waals surface area contributed by atoms with Crippen LogP contribution in [0.15, 0.2) is 24.3 Å². The van der Waals surface area contributed by atoms with Crippen molar-refractivity contribution in [1.82, 2.24) is 5.32 Å². The minimum atomic E-state index is -0.156. The number of phenols is 1. The molecule has 0 saturated heterocycles. The second-order valence-corrected chi connectivity index (χ2v) is 3.81. The summed E-state index contributed by atoms with van der Waals surface area (Å²) in [4.78, 5) is 11.3. The number of carbonyl (C=O) groups excluding carboxylic acids is 1. The first-order chi connectivity index (χ1) is 7.58. The molecule has 1 aromatic carbocycles. The molecule has 0 atom stereocenters. The predicted octanol–water partition coefficient (Wildman–Crippen LogP) is 1.43. The highest BCUT2D eigenvalue weighted by Gasteiger charge is 2.03. The Kier molecular flexibility index (Phi) is 4.79. The Balaban J connectivity index is 2.31. The van der Waals surface area contributed by atoms with E-state index in [0.29, 0.717) is 6.54 Å². The molecule has 1 rings (SSSR count). The fourth-order valence-corrected chi connectivity index (χ4v) is 1.16. The number of ether oxygens (including phenoxy) is 1. The minimum absolute atomic E-state index is 0.0477. The largest absolute Gasteiger partial charge is 0.508 e. The molecule has 0 spiro atoms. The van der Waals surface area contributed by atoms with Crippen molar-refractivity contribution in [2.45, 2.75) is 26.5 Å². The first kappa shape index (κ1) is 12.5. The zero-order chi connectivity index (χ0) is 12.0. The van der Waals surface area contributed by atoms with E-state index in [-0.39, 0.29) is 24.4 Å². The topological polar surface area (TPSA) is 58.6 Å². The molecule has 0 aliphatic carbocycles. The molecule has 0 heterocycles. The number of amides is 1. The van der Waals surface area contributed by atoms with E-state index in [0.717, 1.165) is 5.56 Å². The lowest BCUT2D eigenvalue weighted by Gasteiger charge is -2.08. The van der Waals surface area contributed by atoms with Crippen molar-refractivity contribution in [2.75, 3.05) is 6.61 Å². The van der Waals surface area contributed by atoms with Crippen LogP contribution in [-0.4, -0.2) is 23.7 Å². The Morgan fingerprint density at radius 2 is 2.25 bits per heavy atom. The van der Waals surface area contributed by atoms with Gasteiger partial charge in [0.15, 0.2) is 0 Å². The van der Waals surface area contributed by atoms with Crippen LogP contribution in [0, 0.1) is 0 Å². The van der Waals surface area contributed by atoms with Crippen LogP contribution in [0.2, 0.25) is 0 Å². The summed E-state index contributed by atoms with van der Waals surface area (Å²) in [6.07, 6.45) is 0.0477. The van der Waals surface area contributed by atoms with Gasteiger partial charge in [-0.2, -0.15) is 0 Å². The van der Waals surface area contributed by atoms with Gasteiger partial charge in [0.2, 0.25) is 5.91 Å². The third-order valence-electron chi connectivity index (χ3n) is 1.95. The van der Waals surface area contributed by atoms with Crippen LogP contribution in [0.1, 0.15) is 19.4 Å². The summed E-state index contributed by atoms with van der Waals surface area (Å²) < 4.78 is 5.15. The Morgan fingerprint density at radius 3 is 2.88 bits per heavy atom. The van der Waals surface area contributed by atoms with Crippen LogP contribution < -0.4 is 5.32 Å². The maximum absolute atomic E-state index is 11.3. The molecule has 1 amide bonds. The van der Waals surface area contributed by atoms with Gasteiger partial charge in [-0.25, -0.2) is 0 Å². The molecule has 4 nitrogen and oxygen atoms in total. The van der Waals surface area contributed by atoms with E-state index >= 15 is 0 Å². The van der Waals surface area contributed by atoms with E-state index in [1.165, 1.54) is 0 Å². The second kappa shape index (κ2) is 6.12. The van der Waals surface area contributed by atoms with E-state index < -0.39 is 0 Å². The fraction of sp³-hybridized carbons (Fsp3) is 0.417. The molecule has 0 radical (unpaired) electrons. The van der Waals surface area contributed by atoms with Crippen LogP contribution in [0.3, 0.4) is 0 Å². The van der Waals surface area contributed by atoms with Gasteiger partial charge in [0, 0.05) is 6.54 Å². The van der Waals surface area contributed by atoms with Crippen LogP contribution in [0.25, 0.3) is 0 Å². The van der Waals surface area contributed by atoms with Crippen LogP contribution in [0.4, 0.5) is 0 Å². The van der Waals surface area contributed by atoms with Crippen molar-refractivity contribution in [1.29, 1.82) is 0 Å². The molecule has 0 fully saturated rings. The van der Waals surface area contributed by atoms with E-state index in [1.807, 2.05) is 19.9 Å². The maximum Gasteiger partial charge on any atom is 0.246 e. The standard InChI is InChI=1S/C12H17NO3/c1-9(2)16-8-12(15)13-7-10-4-3-5-11(14)6-10/h3-6,9,14H,7-8H2,1-2H3,(H,13,15). The average Bonchev–Trinajstić information content (AvgIpc) is 2.23. The summed E-state index contributed by atoms with van der Waals surface area (Å²) in [5.74, 6) is 0.0437. The summed E-state index contributed by atoms with van der Waals surface area (Å²) in [7, 11) is 0. The number of phenolic OH excluding ortho intramolecular Hbond substituents is 1. The van der Waals surface area contributed by atoms with Crippen molar-refractivity contribution in [3.8, 4) is 5.75 Å². The molecule has 0 saturated carbocycles. The van der Waals surface area contributed by atoms with E-state index in [1.54, 1.807) is 18.2 Å². The smallest absolute Gasteiger partial charge is 0.246 e. The zero-order valence-electron chi connectivity index (χ0n) is 9.56. The Labute approximate surface area is 95.2 Å². The molecule has 0 aliphatic rings. The van der Waals surface area contributed by atoms with Gasteiger partial charge < -0.3 is 15.2 Å². The monoisotopic (exact) mass is 223 g/mol. The molecule has 2 N–H and O–H groups in total. The first-order valence-electron chi connectivity index (χ1n) is 5.24. The van der Waals surface area contributed by atoms with Gasteiger partial charge in [-0.05, 0) is 31.5 Å². The molecule has 1 aromatic rings. The lowest BCUT2D eigenvalue weighted by atomic mass is 10.2.